The predicted molar refractivity (Wildman–Crippen MR) is 95.5 cm³/mol. The lowest BCUT2D eigenvalue weighted by atomic mass is 9.82. The third kappa shape index (κ3) is 3.81. The summed E-state index contributed by atoms with van der Waals surface area (Å²) in [5.74, 6) is 0.356. The predicted octanol–water partition coefficient (Wildman–Crippen LogP) is 1.96. The highest BCUT2D eigenvalue weighted by atomic mass is 16.5. The summed E-state index contributed by atoms with van der Waals surface area (Å²) < 4.78 is 5.15. The number of imide groups is 1. The average molecular weight is 359 g/mol. The third-order valence-corrected chi connectivity index (χ3v) is 5.14. The number of carbonyl (C=O) groups is 3. The number of urea groups is 1. The lowest BCUT2D eigenvalue weighted by Crippen LogP contribution is -2.48. The summed E-state index contributed by atoms with van der Waals surface area (Å²) in [5.41, 5.74) is 0.195. The third-order valence-electron chi connectivity index (χ3n) is 5.14. The van der Waals surface area contributed by atoms with Crippen LogP contribution < -0.4 is 15.4 Å². The number of nitrogens with one attached hydrogen (secondary N) is 2. The molecule has 1 aliphatic carbocycles. The molecule has 26 heavy (non-hydrogen) atoms. The maximum atomic E-state index is 12.7. The van der Waals surface area contributed by atoms with Crippen molar-refractivity contribution in [1.82, 2.24) is 15.5 Å². The van der Waals surface area contributed by atoms with Crippen molar-refractivity contribution in [3.8, 4) is 5.75 Å². The second-order valence-electron chi connectivity index (χ2n) is 6.91. The van der Waals surface area contributed by atoms with Crippen LogP contribution in [-0.2, 0) is 16.1 Å². The molecule has 2 fully saturated rings. The number of hydrogen-bond donors (Lipinski definition) is 2. The first-order chi connectivity index (χ1) is 12.5. The summed E-state index contributed by atoms with van der Waals surface area (Å²) >= 11 is 0. The standard InChI is InChI=1S/C19H25N3O4/c1-26-15-7-5-6-14(12-15)13-20-16(23)8-11-22-17(24)19(21-18(22)25)9-3-2-4-10-19/h5-7,12H,2-4,8-11,13H2,1H3,(H,20,23)(H,21,25). The Bertz CT molecular complexity index is 698. The number of methoxy groups -OCH3 is 1. The molecule has 1 aromatic carbocycles. The molecule has 1 aliphatic heterocycles. The molecule has 7 nitrogen and oxygen atoms in total. The zero-order valence-corrected chi connectivity index (χ0v) is 15.0. The van der Waals surface area contributed by atoms with Gasteiger partial charge in [0, 0.05) is 19.5 Å². The zero-order valence-electron chi connectivity index (χ0n) is 15.0. The lowest BCUT2D eigenvalue weighted by molar-refractivity contribution is -0.132. The first-order valence-corrected chi connectivity index (χ1v) is 9.08. The van der Waals surface area contributed by atoms with Crippen LogP contribution in [-0.4, -0.2) is 41.9 Å². The monoisotopic (exact) mass is 359 g/mol. The molecule has 1 saturated heterocycles. The van der Waals surface area contributed by atoms with Gasteiger partial charge in [0.25, 0.3) is 5.91 Å². The molecule has 140 valence electrons. The molecule has 0 atom stereocenters. The first-order valence-electron chi connectivity index (χ1n) is 9.08. The fourth-order valence-electron chi connectivity index (χ4n) is 3.66. The molecule has 0 aromatic heterocycles. The van der Waals surface area contributed by atoms with Gasteiger partial charge in [0.05, 0.1) is 7.11 Å². The Morgan fingerprint density at radius 1 is 1.27 bits per heavy atom. The number of benzene rings is 1. The Balaban J connectivity index is 1.49. The Hall–Kier alpha value is -2.57. The molecule has 4 amide bonds. The van der Waals surface area contributed by atoms with Gasteiger partial charge < -0.3 is 15.4 Å². The lowest BCUT2D eigenvalue weighted by Gasteiger charge is -2.30. The van der Waals surface area contributed by atoms with Crippen molar-refractivity contribution in [3.05, 3.63) is 29.8 Å². The Kier molecular flexibility index (Phi) is 5.44. The van der Waals surface area contributed by atoms with E-state index in [0.717, 1.165) is 30.6 Å². The van der Waals surface area contributed by atoms with Crippen molar-refractivity contribution < 1.29 is 19.1 Å². The van der Waals surface area contributed by atoms with E-state index in [1.807, 2.05) is 24.3 Å². The Labute approximate surface area is 153 Å². The summed E-state index contributed by atoms with van der Waals surface area (Å²) in [4.78, 5) is 38.1. The molecule has 1 saturated carbocycles. The maximum Gasteiger partial charge on any atom is 0.325 e. The number of carbonyl (C=O) groups excluding carboxylic acids is 3. The van der Waals surface area contributed by atoms with Crippen molar-refractivity contribution in [3.63, 3.8) is 0 Å². The highest BCUT2D eigenvalue weighted by Crippen LogP contribution is 2.33. The van der Waals surface area contributed by atoms with Gasteiger partial charge in [-0.3, -0.25) is 14.5 Å². The smallest absolute Gasteiger partial charge is 0.325 e. The number of ether oxygens (including phenoxy) is 1. The average Bonchev–Trinajstić information content (AvgIpc) is 2.88. The van der Waals surface area contributed by atoms with Crippen LogP contribution >= 0.6 is 0 Å². The van der Waals surface area contributed by atoms with Crippen LogP contribution in [0.15, 0.2) is 24.3 Å². The number of hydrogen-bond acceptors (Lipinski definition) is 4. The number of nitrogens with zero attached hydrogens (tertiary/aromatic N) is 1. The van der Waals surface area contributed by atoms with Crippen molar-refractivity contribution in [1.29, 1.82) is 0 Å². The van der Waals surface area contributed by atoms with Crippen LogP contribution in [0, 0.1) is 0 Å². The van der Waals surface area contributed by atoms with Gasteiger partial charge in [0.2, 0.25) is 5.91 Å². The minimum atomic E-state index is -0.730. The summed E-state index contributed by atoms with van der Waals surface area (Å²) in [6.45, 7) is 0.483. The highest BCUT2D eigenvalue weighted by Gasteiger charge is 2.50. The topological polar surface area (TPSA) is 87.7 Å². The molecular formula is C19H25N3O4. The SMILES string of the molecule is COc1cccc(CNC(=O)CCN2C(=O)NC3(CCCCC3)C2=O)c1. The Morgan fingerprint density at radius 2 is 2.04 bits per heavy atom. The van der Waals surface area contributed by atoms with Gasteiger partial charge in [-0.2, -0.15) is 0 Å². The molecule has 0 unspecified atom stereocenters. The van der Waals surface area contributed by atoms with Crippen LogP contribution in [0.2, 0.25) is 0 Å². The summed E-state index contributed by atoms with van der Waals surface area (Å²) in [7, 11) is 1.59. The minimum Gasteiger partial charge on any atom is -0.497 e. The van der Waals surface area contributed by atoms with Crippen molar-refractivity contribution >= 4 is 17.8 Å². The molecule has 1 spiro atoms. The van der Waals surface area contributed by atoms with E-state index in [0.29, 0.717) is 19.4 Å². The first kappa shape index (κ1) is 18.2. The normalized spacial score (nSPS) is 18.7. The molecule has 1 aromatic rings. The van der Waals surface area contributed by atoms with Crippen LogP contribution in [0.25, 0.3) is 0 Å². The molecule has 7 heteroatoms. The van der Waals surface area contributed by atoms with Crippen LogP contribution in [0.4, 0.5) is 4.79 Å². The van der Waals surface area contributed by atoms with Gasteiger partial charge in [-0.15, -0.1) is 0 Å². The number of amides is 4. The van der Waals surface area contributed by atoms with E-state index in [-0.39, 0.29) is 30.8 Å². The van der Waals surface area contributed by atoms with E-state index in [1.54, 1.807) is 7.11 Å². The molecule has 0 bridgehead atoms. The van der Waals surface area contributed by atoms with Crippen molar-refractivity contribution in [2.24, 2.45) is 0 Å². The zero-order chi connectivity index (χ0) is 18.6. The van der Waals surface area contributed by atoms with E-state index in [4.69, 9.17) is 4.74 Å². The molecule has 3 rings (SSSR count). The van der Waals surface area contributed by atoms with Crippen molar-refractivity contribution in [2.75, 3.05) is 13.7 Å². The highest BCUT2D eigenvalue weighted by molar-refractivity contribution is 6.07. The van der Waals surface area contributed by atoms with Crippen LogP contribution in [0.5, 0.6) is 5.75 Å². The van der Waals surface area contributed by atoms with Gasteiger partial charge in [-0.1, -0.05) is 31.4 Å². The number of rotatable bonds is 6. The minimum absolute atomic E-state index is 0.0964. The molecule has 2 aliphatic rings. The summed E-state index contributed by atoms with van der Waals surface area (Å²) in [5, 5.41) is 5.67. The molecule has 2 N–H and O–H groups in total. The molecular weight excluding hydrogens is 334 g/mol. The van der Waals surface area contributed by atoms with E-state index < -0.39 is 5.54 Å². The fourth-order valence-corrected chi connectivity index (χ4v) is 3.66. The van der Waals surface area contributed by atoms with E-state index in [1.165, 1.54) is 4.90 Å². The van der Waals surface area contributed by atoms with Crippen LogP contribution in [0.1, 0.15) is 44.1 Å². The second-order valence-corrected chi connectivity index (χ2v) is 6.91. The fraction of sp³-hybridized carbons (Fsp3) is 0.526. The molecule has 0 radical (unpaired) electrons. The Morgan fingerprint density at radius 3 is 2.77 bits per heavy atom. The van der Waals surface area contributed by atoms with Gasteiger partial charge in [0.1, 0.15) is 11.3 Å². The van der Waals surface area contributed by atoms with Gasteiger partial charge in [-0.25, -0.2) is 4.79 Å². The molecule has 1 heterocycles. The van der Waals surface area contributed by atoms with E-state index >= 15 is 0 Å². The maximum absolute atomic E-state index is 12.7. The van der Waals surface area contributed by atoms with Crippen molar-refractivity contribution in [2.45, 2.75) is 50.6 Å². The summed E-state index contributed by atoms with van der Waals surface area (Å²) in [6, 6.07) is 7.07. The summed E-state index contributed by atoms with van der Waals surface area (Å²) in [6.07, 6.45) is 4.46. The van der Waals surface area contributed by atoms with Crippen LogP contribution in [0.3, 0.4) is 0 Å². The van der Waals surface area contributed by atoms with E-state index in [2.05, 4.69) is 10.6 Å². The van der Waals surface area contributed by atoms with Gasteiger partial charge in [0.15, 0.2) is 0 Å². The van der Waals surface area contributed by atoms with Gasteiger partial charge >= 0.3 is 6.03 Å². The quantitative estimate of drug-likeness (QED) is 0.760. The second kappa shape index (κ2) is 7.76. The van der Waals surface area contributed by atoms with Gasteiger partial charge in [-0.05, 0) is 30.5 Å². The largest absolute Gasteiger partial charge is 0.497 e. The van der Waals surface area contributed by atoms with E-state index in [9.17, 15) is 14.4 Å².